The Balaban J connectivity index is 1.47. The molecule has 4 aromatic rings. The summed E-state index contributed by atoms with van der Waals surface area (Å²) in [5.74, 6) is 0.0514. The van der Waals surface area contributed by atoms with Gasteiger partial charge >= 0.3 is 5.97 Å². The van der Waals surface area contributed by atoms with Gasteiger partial charge in [0.15, 0.2) is 14.3 Å². The minimum atomic E-state index is -0.502. The molecule has 0 fully saturated rings. The highest BCUT2D eigenvalue weighted by Crippen LogP contribution is 2.48. The smallest absolute Gasteiger partial charge is 0.338 e. The van der Waals surface area contributed by atoms with Crippen molar-refractivity contribution in [1.82, 2.24) is 0 Å². The molecule has 0 spiro atoms. The van der Waals surface area contributed by atoms with Crippen LogP contribution in [0.1, 0.15) is 44.0 Å². The van der Waals surface area contributed by atoms with Crippen molar-refractivity contribution in [3.8, 4) is 4.90 Å². The Morgan fingerprint density at radius 2 is 1.48 bits per heavy atom. The third kappa shape index (κ3) is 3.47. The highest BCUT2D eigenvalue weighted by Gasteiger charge is 2.36. The van der Waals surface area contributed by atoms with E-state index < -0.39 is 5.60 Å². The van der Waals surface area contributed by atoms with Gasteiger partial charge < -0.3 is 4.74 Å². The zero-order valence-corrected chi connectivity index (χ0v) is 19.0. The molecule has 0 N–H and O–H groups in total. The number of hydrogen-bond acceptors (Lipinski definition) is 2. The molecule has 3 heteroatoms. The second-order valence-corrected chi connectivity index (χ2v) is 10.9. The highest BCUT2D eigenvalue weighted by molar-refractivity contribution is 7.50. The predicted molar refractivity (Wildman–Crippen MR) is 131 cm³/mol. The topological polar surface area (TPSA) is 26.3 Å². The molecule has 0 saturated heterocycles. The van der Waals surface area contributed by atoms with E-state index in [2.05, 4.69) is 73.7 Å². The van der Waals surface area contributed by atoms with Gasteiger partial charge in [0.2, 0.25) is 0 Å². The van der Waals surface area contributed by atoms with Crippen LogP contribution in [0.15, 0.2) is 84.4 Å². The lowest BCUT2D eigenvalue weighted by atomic mass is 9.86. The van der Waals surface area contributed by atoms with Gasteiger partial charge in [-0.2, -0.15) is 0 Å². The fourth-order valence-corrected chi connectivity index (χ4v) is 7.32. The van der Waals surface area contributed by atoms with Crippen LogP contribution in [0.3, 0.4) is 0 Å². The molecular formula is C28H27O2S+. The summed E-state index contributed by atoms with van der Waals surface area (Å²) in [4.78, 5) is 14.1. The number of rotatable bonds is 4. The molecule has 1 heterocycles. The van der Waals surface area contributed by atoms with Gasteiger partial charge in [0.25, 0.3) is 0 Å². The van der Waals surface area contributed by atoms with Crippen molar-refractivity contribution in [3.63, 3.8) is 0 Å². The Morgan fingerprint density at radius 3 is 2.03 bits per heavy atom. The molecule has 5 rings (SSSR count). The summed E-state index contributed by atoms with van der Waals surface area (Å²) in [7, 11) is -0.147. The van der Waals surface area contributed by atoms with Crippen LogP contribution in [-0.4, -0.2) is 11.6 Å². The Bertz CT molecular complexity index is 1250. The van der Waals surface area contributed by atoms with E-state index in [9.17, 15) is 4.79 Å². The highest BCUT2D eigenvalue weighted by atomic mass is 32.2. The molecular weight excluding hydrogens is 400 g/mol. The van der Waals surface area contributed by atoms with E-state index in [1.165, 1.54) is 30.6 Å². The van der Waals surface area contributed by atoms with Crippen LogP contribution in [0.2, 0.25) is 0 Å². The maximum atomic E-state index is 12.9. The average molecular weight is 428 g/mol. The predicted octanol–water partition coefficient (Wildman–Crippen LogP) is 8.02. The van der Waals surface area contributed by atoms with Gasteiger partial charge in [-0.25, -0.2) is 4.79 Å². The summed E-state index contributed by atoms with van der Waals surface area (Å²) in [5, 5.41) is 2.62. The second kappa shape index (κ2) is 7.65. The molecule has 1 aliphatic rings. The number of allylic oxidation sites excluding steroid dienone is 1. The zero-order valence-electron chi connectivity index (χ0n) is 18.2. The molecule has 0 radical (unpaired) electrons. The van der Waals surface area contributed by atoms with Crippen LogP contribution in [0, 0.1) is 5.92 Å². The Labute approximate surface area is 186 Å². The minimum Gasteiger partial charge on any atom is -0.455 e. The second-order valence-electron chi connectivity index (χ2n) is 8.89. The van der Waals surface area contributed by atoms with Gasteiger partial charge in [-0.1, -0.05) is 35.9 Å². The van der Waals surface area contributed by atoms with Crippen molar-refractivity contribution < 1.29 is 9.53 Å². The Morgan fingerprint density at radius 1 is 0.903 bits per heavy atom. The van der Waals surface area contributed by atoms with E-state index in [-0.39, 0.29) is 16.4 Å². The maximum Gasteiger partial charge on any atom is 0.338 e. The molecule has 1 aromatic heterocycles. The third-order valence-corrected chi connectivity index (χ3v) is 8.83. The quantitative estimate of drug-likeness (QED) is 0.187. The van der Waals surface area contributed by atoms with Crippen molar-refractivity contribution in [2.45, 2.75) is 39.2 Å². The first-order valence-electron chi connectivity index (χ1n) is 10.9. The number of thiophene rings is 1. The van der Waals surface area contributed by atoms with E-state index in [0.717, 1.165) is 12.8 Å². The van der Waals surface area contributed by atoms with Crippen molar-refractivity contribution in [1.29, 1.82) is 0 Å². The first-order chi connectivity index (χ1) is 15.0. The van der Waals surface area contributed by atoms with Crippen molar-refractivity contribution in [3.05, 3.63) is 90.0 Å². The number of ether oxygens (including phenoxy) is 1. The summed E-state index contributed by atoms with van der Waals surface area (Å²) in [5.41, 5.74) is 1.44. The van der Waals surface area contributed by atoms with E-state index >= 15 is 0 Å². The minimum absolute atomic E-state index is 0.147. The first-order valence-corrected chi connectivity index (χ1v) is 12.1. The molecule has 2 nitrogen and oxygen atoms in total. The lowest BCUT2D eigenvalue weighted by molar-refractivity contribution is -0.0219. The number of fused-ring (bicyclic) bond motifs is 3. The Hall–Kier alpha value is -2.91. The lowest BCUT2D eigenvalue weighted by Crippen LogP contribution is -2.36. The molecule has 156 valence electrons. The lowest BCUT2D eigenvalue weighted by Gasteiger charge is -2.32. The summed E-state index contributed by atoms with van der Waals surface area (Å²) in [6, 6.07) is 25.3. The van der Waals surface area contributed by atoms with Crippen molar-refractivity contribution in [2.24, 2.45) is 5.92 Å². The molecule has 0 bridgehead atoms. The maximum absolute atomic E-state index is 12.9. The summed E-state index contributed by atoms with van der Waals surface area (Å²) < 4.78 is 8.68. The largest absolute Gasteiger partial charge is 0.455 e. The molecule has 1 atom stereocenters. The van der Waals surface area contributed by atoms with Crippen LogP contribution in [-0.2, 0) is 4.74 Å². The third-order valence-electron chi connectivity index (χ3n) is 6.50. The van der Waals surface area contributed by atoms with Crippen LogP contribution >= 0.6 is 10.5 Å². The summed E-state index contributed by atoms with van der Waals surface area (Å²) >= 11 is 0. The molecule has 0 amide bonds. The summed E-state index contributed by atoms with van der Waals surface area (Å²) in [6.07, 6.45) is 4.37. The molecule has 1 unspecified atom stereocenters. The molecule has 3 aromatic carbocycles. The molecule has 1 aliphatic carbocycles. The van der Waals surface area contributed by atoms with Crippen molar-refractivity contribution >= 4 is 36.6 Å². The molecule has 0 saturated carbocycles. The van der Waals surface area contributed by atoms with Gasteiger partial charge in [0, 0.05) is 27.2 Å². The van der Waals surface area contributed by atoms with Gasteiger partial charge in [0.1, 0.15) is 5.60 Å². The number of hydrogen-bond donors (Lipinski definition) is 0. The van der Waals surface area contributed by atoms with Crippen LogP contribution in [0.5, 0.6) is 0 Å². The standard InChI is InChI=1S/C28H27O2S/c1-19-9-8-12-24(19)28(2,3)30-27(29)20-15-17-21(18-16-20)31-25-13-6-4-10-22(25)23-11-5-7-14-26(23)31/h4-7,9-11,13-18,24H,8,12H2,1-3H3/q+1. The van der Waals surface area contributed by atoms with Crippen LogP contribution < -0.4 is 0 Å². The van der Waals surface area contributed by atoms with Crippen LogP contribution in [0.4, 0.5) is 0 Å². The van der Waals surface area contributed by atoms with Crippen LogP contribution in [0.25, 0.3) is 25.1 Å². The van der Waals surface area contributed by atoms with E-state index in [4.69, 9.17) is 4.74 Å². The first kappa shape index (κ1) is 20.0. The number of carbonyl (C=O) groups is 1. The number of benzene rings is 3. The van der Waals surface area contributed by atoms with E-state index in [0.29, 0.717) is 11.5 Å². The Kier molecular flexibility index (Phi) is 4.94. The fourth-order valence-electron chi connectivity index (χ4n) is 4.95. The van der Waals surface area contributed by atoms with Crippen molar-refractivity contribution in [2.75, 3.05) is 0 Å². The monoisotopic (exact) mass is 427 g/mol. The van der Waals surface area contributed by atoms with E-state index in [1.807, 2.05) is 26.0 Å². The molecule has 31 heavy (non-hydrogen) atoms. The van der Waals surface area contributed by atoms with Gasteiger partial charge in [-0.15, -0.1) is 0 Å². The average Bonchev–Trinajstić information content (AvgIpc) is 3.35. The van der Waals surface area contributed by atoms with Gasteiger partial charge in [-0.3, -0.25) is 0 Å². The normalized spacial score (nSPS) is 16.6. The fraction of sp³-hybridized carbons (Fsp3) is 0.250. The SMILES string of the molecule is CC1=CCCC1C(C)(C)OC(=O)c1ccc(-[s+]2c3ccccc3c3ccccc32)cc1. The number of esters is 1. The zero-order chi connectivity index (χ0) is 21.6. The molecule has 0 aliphatic heterocycles. The van der Waals surface area contributed by atoms with E-state index in [1.54, 1.807) is 0 Å². The van der Waals surface area contributed by atoms with Gasteiger partial charge in [-0.05, 0) is 82.1 Å². The van der Waals surface area contributed by atoms with Gasteiger partial charge in [0.05, 0.1) is 5.56 Å². The number of carbonyl (C=O) groups excluding carboxylic acids is 1. The summed E-state index contributed by atoms with van der Waals surface area (Å²) in [6.45, 7) is 6.20.